The first-order valence-electron chi connectivity index (χ1n) is 3.15. The van der Waals surface area contributed by atoms with Gasteiger partial charge >= 0.3 is 0 Å². The second-order valence-corrected chi connectivity index (χ2v) is 2.34. The molecule has 0 fully saturated rings. The van der Waals surface area contributed by atoms with Gasteiger partial charge in [0.05, 0.1) is 6.61 Å². The van der Waals surface area contributed by atoms with E-state index in [0.717, 1.165) is 0 Å². The average Bonchev–Trinajstić information content (AvgIpc) is 1.83. The van der Waals surface area contributed by atoms with E-state index in [2.05, 4.69) is 5.32 Å². The van der Waals surface area contributed by atoms with Crippen molar-refractivity contribution in [3.05, 3.63) is 0 Å². The van der Waals surface area contributed by atoms with E-state index in [1.807, 2.05) is 13.8 Å². The van der Waals surface area contributed by atoms with Gasteiger partial charge in [-0.2, -0.15) is 0 Å². The second kappa shape index (κ2) is 4.70. The molecular formula is C6H14FNO. The smallest absolute Gasteiger partial charge is 0.135 e. The lowest BCUT2D eigenvalue weighted by Gasteiger charge is -2.08. The van der Waals surface area contributed by atoms with Gasteiger partial charge in [0, 0.05) is 12.6 Å². The molecule has 0 aromatic carbocycles. The molecule has 1 atom stereocenters. The largest absolute Gasteiger partial charge is 0.393 e. The van der Waals surface area contributed by atoms with Crippen LogP contribution >= 0.6 is 0 Å². The number of hydrogen-bond donors (Lipinski definition) is 2. The minimum absolute atomic E-state index is 0.244. The van der Waals surface area contributed by atoms with Crippen molar-refractivity contribution in [2.24, 2.45) is 0 Å². The van der Waals surface area contributed by atoms with Crippen molar-refractivity contribution in [3.8, 4) is 0 Å². The zero-order chi connectivity index (χ0) is 7.28. The first-order valence-corrected chi connectivity index (χ1v) is 3.15. The van der Waals surface area contributed by atoms with Crippen LogP contribution in [0, 0.1) is 0 Å². The Morgan fingerprint density at radius 1 is 1.56 bits per heavy atom. The van der Waals surface area contributed by atoms with Crippen molar-refractivity contribution in [2.75, 3.05) is 13.2 Å². The fourth-order valence-corrected chi connectivity index (χ4v) is 0.428. The molecule has 1 unspecified atom stereocenters. The highest BCUT2D eigenvalue weighted by Gasteiger charge is 2.02. The summed E-state index contributed by atoms with van der Waals surface area (Å²) in [6.45, 7) is 3.72. The first kappa shape index (κ1) is 8.85. The number of aliphatic hydroxyl groups is 1. The van der Waals surface area contributed by atoms with Crippen molar-refractivity contribution in [2.45, 2.75) is 26.1 Å². The molecular weight excluding hydrogens is 121 g/mol. The summed E-state index contributed by atoms with van der Waals surface area (Å²) >= 11 is 0. The van der Waals surface area contributed by atoms with Gasteiger partial charge in [-0.1, -0.05) is 13.8 Å². The molecule has 0 aromatic rings. The summed E-state index contributed by atoms with van der Waals surface area (Å²) in [5, 5.41) is 11.1. The Labute approximate surface area is 55.1 Å². The summed E-state index contributed by atoms with van der Waals surface area (Å²) in [7, 11) is 0. The van der Waals surface area contributed by atoms with Gasteiger partial charge in [-0.25, -0.2) is 4.39 Å². The highest BCUT2D eigenvalue weighted by atomic mass is 19.1. The molecule has 0 saturated carbocycles. The molecule has 0 spiro atoms. The molecule has 56 valence electrons. The Bertz CT molecular complexity index is 68.1. The van der Waals surface area contributed by atoms with Gasteiger partial charge in [-0.3, -0.25) is 0 Å². The van der Waals surface area contributed by atoms with Gasteiger partial charge in [0.2, 0.25) is 0 Å². The number of halogens is 1. The summed E-state index contributed by atoms with van der Waals surface area (Å²) in [6, 6.07) is 0.287. The van der Waals surface area contributed by atoms with E-state index in [4.69, 9.17) is 5.11 Å². The van der Waals surface area contributed by atoms with Gasteiger partial charge in [0.1, 0.15) is 6.17 Å². The molecule has 0 aliphatic heterocycles. The van der Waals surface area contributed by atoms with Crippen LogP contribution in [-0.2, 0) is 0 Å². The quantitative estimate of drug-likeness (QED) is 0.581. The molecule has 0 saturated heterocycles. The predicted molar refractivity (Wildman–Crippen MR) is 35.1 cm³/mol. The average molecular weight is 135 g/mol. The molecule has 0 radical (unpaired) electrons. The lowest BCUT2D eigenvalue weighted by Crippen LogP contribution is -2.31. The highest BCUT2D eigenvalue weighted by Crippen LogP contribution is 1.86. The number of alkyl halides is 1. The molecule has 2 nitrogen and oxygen atoms in total. The molecule has 3 heteroatoms. The zero-order valence-corrected chi connectivity index (χ0v) is 5.89. The van der Waals surface area contributed by atoms with Crippen LogP contribution in [0.4, 0.5) is 4.39 Å². The van der Waals surface area contributed by atoms with Crippen LogP contribution in [0.5, 0.6) is 0 Å². The third-order valence-electron chi connectivity index (χ3n) is 0.946. The summed E-state index contributed by atoms with van der Waals surface area (Å²) in [6.07, 6.45) is -1.12. The summed E-state index contributed by atoms with van der Waals surface area (Å²) < 4.78 is 12.2. The van der Waals surface area contributed by atoms with Crippen molar-refractivity contribution in [1.82, 2.24) is 5.32 Å². The van der Waals surface area contributed by atoms with Crippen LogP contribution in [0.3, 0.4) is 0 Å². The van der Waals surface area contributed by atoms with Crippen LogP contribution in [0.15, 0.2) is 0 Å². The molecule has 0 aliphatic carbocycles. The van der Waals surface area contributed by atoms with E-state index in [9.17, 15) is 4.39 Å². The molecule has 0 amide bonds. The number of aliphatic hydroxyl groups excluding tert-OH is 1. The molecule has 2 N–H and O–H groups in total. The van der Waals surface area contributed by atoms with Crippen LogP contribution in [0.25, 0.3) is 0 Å². The lowest BCUT2D eigenvalue weighted by atomic mass is 10.3. The first-order chi connectivity index (χ1) is 4.16. The van der Waals surface area contributed by atoms with Crippen molar-refractivity contribution in [1.29, 1.82) is 0 Å². The van der Waals surface area contributed by atoms with E-state index in [1.165, 1.54) is 0 Å². The molecule has 9 heavy (non-hydrogen) atoms. The Morgan fingerprint density at radius 2 is 2.11 bits per heavy atom. The lowest BCUT2D eigenvalue weighted by molar-refractivity contribution is 0.173. The number of hydrogen-bond acceptors (Lipinski definition) is 2. The Kier molecular flexibility index (Phi) is 4.62. The molecule has 0 aliphatic rings. The minimum Gasteiger partial charge on any atom is -0.393 e. The van der Waals surface area contributed by atoms with Gasteiger partial charge in [-0.05, 0) is 0 Å². The highest BCUT2D eigenvalue weighted by molar-refractivity contribution is 4.59. The normalized spacial score (nSPS) is 14.3. The second-order valence-electron chi connectivity index (χ2n) is 2.34. The zero-order valence-electron chi connectivity index (χ0n) is 5.89. The third kappa shape index (κ3) is 5.73. The molecule has 0 heterocycles. The van der Waals surface area contributed by atoms with Gasteiger partial charge < -0.3 is 10.4 Å². The van der Waals surface area contributed by atoms with Crippen molar-refractivity contribution < 1.29 is 9.50 Å². The van der Waals surface area contributed by atoms with Gasteiger partial charge in [0.15, 0.2) is 0 Å². The summed E-state index contributed by atoms with van der Waals surface area (Å²) in [4.78, 5) is 0. The maximum Gasteiger partial charge on any atom is 0.135 e. The van der Waals surface area contributed by atoms with Crippen LogP contribution < -0.4 is 5.32 Å². The monoisotopic (exact) mass is 135 g/mol. The van der Waals surface area contributed by atoms with Crippen molar-refractivity contribution in [3.63, 3.8) is 0 Å². The molecule has 0 rings (SSSR count). The maximum atomic E-state index is 12.2. The van der Waals surface area contributed by atoms with E-state index >= 15 is 0 Å². The molecule has 0 aromatic heterocycles. The fraction of sp³-hybridized carbons (Fsp3) is 1.00. The van der Waals surface area contributed by atoms with Crippen LogP contribution in [0.1, 0.15) is 13.8 Å². The third-order valence-corrected chi connectivity index (χ3v) is 0.946. The Hall–Kier alpha value is -0.150. The Balaban J connectivity index is 3.06. The molecule has 0 bridgehead atoms. The Morgan fingerprint density at radius 3 is 2.44 bits per heavy atom. The fourth-order valence-electron chi connectivity index (χ4n) is 0.428. The van der Waals surface area contributed by atoms with E-state index < -0.39 is 6.17 Å². The number of nitrogens with one attached hydrogen (secondary N) is 1. The SMILES string of the molecule is CC(C)NCC(F)CO. The summed E-state index contributed by atoms with van der Waals surface area (Å²) in [5.41, 5.74) is 0. The summed E-state index contributed by atoms with van der Waals surface area (Å²) in [5.74, 6) is 0. The van der Waals surface area contributed by atoms with Gasteiger partial charge in [0.25, 0.3) is 0 Å². The van der Waals surface area contributed by atoms with Gasteiger partial charge in [-0.15, -0.1) is 0 Å². The minimum atomic E-state index is -1.12. The maximum absolute atomic E-state index is 12.2. The van der Waals surface area contributed by atoms with E-state index in [-0.39, 0.29) is 19.2 Å². The van der Waals surface area contributed by atoms with Crippen LogP contribution in [-0.4, -0.2) is 30.5 Å². The predicted octanol–water partition coefficient (Wildman–Crippen LogP) is 0.315. The standard InChI is InChI=1S/C6H14FNO/c1-5(2)8-3-6(7)4-9/h5-6,8-9H,3-4H2,1-2H3. The van der Waals surface area contributed by atoms with Crippen molar-refractivity contribution >= 4 is 0 Å². The van der Waals surface area contributed by atoms with Crippen LogP contribution in [0.2, 0.25) is 0 Å². The topological polar surface area (TPSA) is 32.3 Å². The van der Waals surface area contributed by atoms with E-state index in [1.54, 1.807) is 0 Å². The van der Waals surface area contributed by atoms with E-state index in [0.29, 0.717) is 0 Å². The number of rotatable bonds is 4.